The van der Waals surface area contributed by atoms with E-state index in [0.717, 1.165) is 0 Å². The van der Waals surface area contributed by atoms with Crippen molar-refractivity contribution in [2.75, 3.05) is 0 Å². The summed E-state index contributed by atoms with van der Waals surface area (Å²) in [6.07, 6.45) is -3.46. The third-order valence-corrected chi connectivity index (χ3v) is 4.67. The fraction of sp³-hybridized carbons (Fsp3) is 0.562. The van der Waals surface area contributed by atoms with Gasteiger partial charge in [-0.3, -0.25) is 0 Å². The fourth-order valence-corrected chi connectivity index (χ4v) is 3.53. The van der Waals surface area contributed by atoms with Gasteiger partial charge >= 0.3 is 12.4 Å². The largest absolute Gasteiger partial charge is 0.573 e. The highest BCUT2D eigenvalue weighted by Crippen LogP contribution is 2.54. The van der Waals surface area contributed by atoms with Crippen LogP contribution in [0, 0.1) is 5.92 Å². The normalized spacial score (nSPS) is 29.5. The maximum atomic E-state index is 13.8. The van der Waals surface area contributed by atoms with Crippen LogP contribution < -0.4 is 15.4 Å². The van der Waals surface area contributed by atoms with E-state index in [1.807, 2.05) is 0 Å². The lowest BCUT2D eigenvalue weighted by Gasteiger charge is -2.30. The number of halogens is 4. The first-order valence-corrected chi connectivity index (χ1v) is 7.75. The summed E-state index contributed by atoms with van der Waals surface area (Å²) in [7, 11) is 0. The second kappa shape index (κ2) is 5.82. The van der Waals surface area contributed by atoms with Crippen molar-refractivity contribution >= 4 is 6.03 Å². The van der Waals surface area contributed by atoms with Crippen molar-refractivity contribution in [3.8, 4) is 5.75 Å². The predicted molar refractivity (Wildman–Crippen MR) is 78.2 cm³/mol. The molecule has 3 fully saturated rings. The zero-order valence-corrected chi connectivity index (χ0v) is 13.0. The number of ether oxygens (including phenoxy) is 1. The van der Waals surface area contributed by atoms with Gasteiger partial charge in [-0.1, -0.05) is 12.1 Å². The Labute approximate surface area is 136 Å². The summed E-state index contributed by atoms with van der Waals surface area (Å²) in [5.74, 6) is -0.162. The molecule has 132 valence electrons. The summed E-state index contributed by atoms with van der Waals surface area (Å²) in [4.78, 5) is 12.0. The van der Waals surface area contributed by atoms with Crippen molar-refractivity contribution in [2.45, 2.75) is 50.3 Å². The molecule has 0 aliphatic heterocycles. The minimum Gasteiger partial charge on any atom is -0.406 e. The van der Waals surface area contributed by atoms with Crippen LogP contribution in [0.15, 0.2) is 24.3 Å². The Morgan fingerprint density at radius 3 is 2.62 bits per heavy atom. The minimum atomic E-state index is -4.77. The van der Waals surface area contributed by atoms with Gasteiger partial charge in [0.1, 0.15) is 11.4 Å². The third kappa shape index (κ3) is 3.73. The van der Waals surface area contributed by atoms with E-state index in [9.17, 15) is 22.4 Å². The van der Waals surface area contributed by atoms with Gasteiger partial charge in [0, 0.05) is 12.5 Å². The number of amides is 2. The monoisotopic (exact) mass is 346 g/mol. The average molecular weight is 346 g/mol. The average Bonchev–Trinajstić information content (AvgIpc) is 2.88. The van der Waals surface area contributed by atoms with Crippen LogP contribution in [0.4, 0.5) is 22.4 Å². The van der Waals surface area contributed by atoms with Crippen molar-refractivity contribution in [3.63, 3.8) is 0 Å². The fourth-order valence-electron chi connectivity index (χ4n) is 3.53. The van der Waals surface area contributed by atoms with Gasteiger partial charge in [0.15, 0.2) is 0 Å². The molecule has 4 nitrogen and oxygen atoms in total. The number of nitrogens with one attached hydrogen (secondary N) is 2. The number of carbonyl (C=O) groups excluding carboxylic acids is 1. The Morgan fingerprint density at radius 2 is 2.04 bits per heavy atom. The first-order chi connectivity index (χ1) is 11.1. The molecule has 0 saturated heterocycles. The predicted octanol–water partition coefficient (Wildman–Crippen LogP) is 3.84. The standard InChI is InChI=1S/C16H18F4N2O2/c1-9(10-3-2-4-12(5-10)24-16(18,19)20)21-14(23)22-13-8-15(17)6-11(13)7-15/h2-5,9,11,13H,6-8H2,1H3,(H2,21,22,23)/t9-,11?,13?,15?/m0/s1. The molecule has 24 heavy (non-hydrogen) atoms. The Morgan fingerprint density at radius 1 is 1.33 bits per heavy atom. The van der Waals surface area contributed by atoms with E-state index < -0.39 is 24.1 Å². The van der Waals surface area contributed by atoms with Crippen molar-refractivity contribution < 1.29 is 27.1 Å². The van der Waals surface area contributed by atoms with Gasteiger partial charge in [-0.2, -0.15) is 0 Å². The maximum Gasteiger partial charge on any atom is 0.573 e. The third-order valence-electron chi connectivity index (χ3n) is 4.67. The highest BCUT2D eigenvalue weighted by molar-refractivity contribution is 5.75. The van der Waals surface area contributed by atoms with Crippen molar-refractivity contribution in [2.24, 2.45) is 5.92 Å². The molecule has 3 aliphatic rings. The van der Waals surface area contributed by atoms with Crippen LogP contribution in [0.2, 0.25) is 0 Å². The Kier molecular flexibility index (Phi) is 4.09. The summed E-state index contributed by atoms with van der Waals surface area (Å²) >= 11 is 0. The van der Waals surface area contributed by atoms with Crippen molar-refractivity contribution in [3.05, 3.63) is 29.8 Å². The smallest absolute Gasteiger partial charge is 0.406 e. The number of hydrogen-bond donors (Lipinski definition) is 2. The second-order valence-electron chi connectivity index (χ2n) is 6.59. The van der Waals surface area contributed by atoms with Gasteiger partial charge in [0.05, 0.1) is 6.04 Å². The van der Waals surface area contributed by atoms with E-state index in [1.54, 1.807) is 13.0 Å². The number of carbonyl (C=O) groups is 1. The molecule has 8 heteroatoms. The van der Waals surface area contributed by atoms with Crippen LogP contribution in [0.5, 0.6) is 5.75 Å². The van der Waals surface area contributed by atoms with E-state index in [-0.39, 0.29) is 17.7 Å². The van der Waals surface area contributed by atoms with Gasteiger partial charge in [0.25, 0.3) is 0 Å². The molecule has 3 aliphatic carbocycles. The Balaban J connectivity index is 1.55. The van der Waals surface area contributed by atoms with Crippen LogP contribution in [0.25, 0.3) is 0 Å². The van der Waals surface area contributed by atoms with Crippen LogP contribution in [-0.2, 0) is 0 Å². The zero-order valence-electron chi connectivity index (χ0n) is 13.0. The molecule has 0 radical (unpaired) electrons. The number of urea groups is 1. The van der Waals surface area contributed by atoms with Gasteiger partial charge in [-0.05, 0) is 43.4 Å². The SMILES string of the molecule is C[C@H](NC(=O)NC1CC2(F)CC1C2)c1cccc(OC(F)(F)F)c1. The van der Waals surface area contributed by atoms with Crippen LogP contribution in [-0.4, -0.2) is 24.1 Å². The molecule has 1 unspecified atom stereocenters. The van der Waals surface area contributed by atoms with Gasteiger partial charge in [-0.15, -0.1) is 13.2 Å². The Hall–Kier alpha value is -1.99. The molecular weight excluding hydrogens is 328 g/mol. The molecule has 0 aromatic heterocycles. The number of alkyl halides is 4. The van der Waals surface area contributed by atoms with Crippen LogP contribution >= 0.6 is 0 Å². The maximum absolute atomic E-state index is 13.8. The van der Waals surface area contributed by atoms with E-state index in [0.29, 0.717) is 24.8 Å². The lowest BCUT2D eigenvalue weighted by atomic mass is 9.81. The molecule has 4 rings (SSSR count). The number of hydrogen-bond acceptors (Lipinski definition) is 2. The number of rotatable bonds is 4. The highest BCUT2D eigenvalue weighted by atomic mass is 19.4. The lowest BCUT2D eigenvalue weighted by Crippen LogP contribution is -2.44. The minimum absolute atomic E-state index is 0.179. The number of fused-ring (bicyclic) bond motifs is 1. The quantitative estimate of drug-likeness (QED) is 0.814. The Bertz CT molecular complexity index is 629. The summed E-state index contributed by atoms with van der Waals surface area (Å²) in [5, 5.41) is 5.40. The van der Waals surface area contributed by atoms with E-state index in [4.69, 9.17) is 0 Å². The molecule has 0 heterocycles. The van der Waals surface area contributed by atoms with Crippen molar-refractivity contribution in [1.82, 2.24) is 10.6 Å². The van der Waals surface area contributed by atoms with Gasteiger partial charge in [0.2, 0.25) is 0 Å². The van der Waals surface area contributed by atoms with Crippen molar-refractivity contribution in [1.29, 1.82) is 0 Å². The van der Waals surface area contributed by atoms with E-state index >= 15 is 0 Å². The first-order valence-electron chi connectivity index (χ1n) is 7.75. The second-order valence-corrected chi connectivity index (χ2v) is 6.59. The number of benzene rings is 1. The summed E-state index contributed by atoms with van der Waals surface area (Å²) in [6.45, 7) is 1.65. The molecule has 1 aromatic carbocycles. The van der Waals surface area contributed by atoms with Gasteiger partial charge < -0.3 is 15.4 Å². The molecule has 2 bridgehead atoms. The summed E-state index contributed by atoms with van der Waals surface area (Å²) < 4.78 is 54.4. The van der Waals surface area contributed by atoms with Gasteiger partial charge in [-0.25, -0.2) is 9.18 Å². The topological polar surface area (TPSA) is 50.4 Å². The molecule has 0 spiro atoms. The lowest BCUT2D eigenvalue weighted by molar-refractivity contribution is -0.274. The van der Waals surface area contributed by atoms with Crippen LogP contribution in [0.3, 0.4) is 0 Å². The molecular formula is C16H18F4N2O2. The molecule has 2 atom stereocenters. The summed E-state index contributed by atoms with van der Waals surface area (Å²) in [5.41, 5.74) is -0.651. The van der Waals surface area contributed by atoms with E-state index in [1.165, 1.54) is 18.2 Å². The highest BCUT2D eigenvalue weighted by Gasteiger charge is 2.57. The molecule has 1 aromatic rings. The molecule has 3 saturated carbocycles. The molecule has 2 amide bonds. The first kappa shape index (κ1) is 16.9. The zero-order chi connectivity index (χ0) is 17.5. The molecule has 2 N–H and O–H groups in total. The van der Waals surface area contributed by atoms with E-state index in [2.05, 4.69) is 15.4 Å². The summed E-state index contributed by atoms with van der Waals surface area (Å²) in [6, 6.07) is 4.28. The van der Waals surface area contributed by atoms with Crippen LogP contribution in [0.1, 0.15) is 37.8 Å².